The molecule has 1 atom stereocenters. The molecule has 1 unspecified atom stereocenters. The van der Waals surface area contributed by atoms with E-state index in [2.05, 4.69) is 4.98 Å². The minimum absolute atomic E-state index is 0.0475. The van der Waals surface area contributed by atoms with Gasteiger partial charge in [0.05, 0.1) is 11.3 Å². The highest BCUT2D eigenvalue weighted by atomic mass is 16.3. The highest BCUT2D eigenvalue weighted by molar-refractivity contribution is 6.20. The number of furan rings is 1. The van der Waals surface area contributed by atoms with E-state index in [4.69, 9.17) is 4.42 Å². The van der Waals surface area contributed by atoms with Crippen LogP contribution in [0.15, 0.2) is 88.7 Å². The minimum Gasteiger partial charge on any atom is -0.503 e. The van der Waals surface area contributed by atoms with Gasteiger partial charge in [-0.25, -0.2) is 0 Å². The monoisotopic (exact) mass is 424 g/mol. The first-order valence-electron chi connectivity index (χ1n) is 10.2. The van der Waals surface area contributed by atoms with Crippen molar-refractivity contribution in [2.24, 2.45) is 0 Å². The van der Waals surface area contributed by atoms with Gasteiger partial charge in [-0.15, -0.1) is 0 Å². The molecule has 2 aromatic carbocycles. The Hall–Kier alpha value is -4.19. The van der Waals surface area contributed by atoms with Crippen molar-refractivity contribution in [3.63, 3.8) is 0 Å². The van der Waals surface area contributed by atoms with Crippen molar-refractivity contribution in [2.45, 2.75) is 19.9 Å². The molecule has 6 nitrogen and oxygen atoms in total. The van der Waals surface area contributed by atoms with E-state index in [1.165, 1.54) is 4.90 Å². The Kier molecular flexibility index (Phi) is 4.63. The molecule has 0 spiro atoms. The molecule has 2 aromatic heterocycles. The SMILES string of the molecule is Cc1cccc(N2C(=O)C(O)=C(C(=O)c3cc4ccccc4o3)C2c2ccccn2)c1C. The van der Waals surface area contributed by atoms with E-state index >= 15 is 0 Å². The number of hydrogen-bond donors (Lipinski definition) is 1. The number of Topliss-reactive ketones (excluding diaryl/α,β-unsaturated/α-hetero) is 1. The number of pyridine rings is 1. The van der Waals surface area contributed by atoms with E-state index in [9.17, 15) is 14.7 Å². The summed E-state index contributed by atoms with van der Waals surface area (Å²) in [7, 11) is 0. The predicted molar refractivity (Wildman–Crippen MR) is 121 cm³/mol. The Labute approximate surface area is 184 Å². The maximum atomic E-state index is 13.6. The summed E-state index contributed by atoms with van der Waals surface area (Å²) >= 11 is 0. The summed E-state index contributed by atoms with van der Waals surface area (Å²) in [6.07, 6.45) is 1.60. The van der Waals surface area contributed by atoms with Crippen LogP contribution in [0.4, 0.5) is 5.69 Å². The van der Waals surface area contributed by atoms with Crippen LogP contribution in [0.2, 0.25) is 0 Å². The van der Waals surface area contributed by atoms with E-state index in [1.807, 2.05) is 44.2 Å². The van der Waals surface area contributed by atoms with Crippen LogP contribution in [0.5, 0.6) is 0 Å². The smallest absolute Gasteiger partial charge is 0.294 e. The van der Waals surface area contributed by atoms with Gasteiger partial charge in [0, 0.05) is 17.3 Å². The molecule has 4 aromatic rings. The van der Waals surface area contributed by atoms with Crippen molar-refractivity contribution >= 4 is 28.3 Å². The van der Waals surface area contributed by atoms with Crippen molar-refractivity contribution in [1.29, 1.82) is 0 Å². The first kappa shape index (κ1) is 19.8. The summed E-state index contributed by atoms with van der Waals surface area (Å²) in [6.45, 7) is 3.85. The average Bonchev–Trinajstić information content (AvgIpc) is 3.35. The molecule has 6 heteroatoms. The van der Waals surface area contributed by atoms with Crippen LogP contribution >= 0.6 is 0 Å². The zero-order valence-corrected chi connectivity index (χ0v) is 17.6. The van der Waals surface area contributed by atoms with Gasteiger partial charge in [0.25, 0.3) is 5.91 Å². The number of nitrogens with zero attached hydrogens (tertiary/aromatic N) is 2. The molecule has 32 heavy (non-hydrogen) atoms. The van der Waals surface area contributed by atoms with Crippen LogP contribution in [0, 0.1) is 13.8 Å². The highest BCUT2D eigenvalue weighted by Crippen LogP contribution is 2.43. The lowest BCUT2D eigenvalue weighted by Gasteiger charge is -2.27. The van der Waals surface area contributed by atoms with E-state index in [0.717, 1.165) is 16.5 Å². The molecule has 1 aliphatic heterocycles. The number of benzene rings is 2. The number of aliphatic hydroxyl groups is 1. The Morgan fingerprint density at radius 1 is 1.03 bits per heavy atom. The molecular formula is C26H20N2O4. The lowest BCUT2D eigenvalue weighted by Crippen LogP contribution is -2.32. The van der Waals surface area contributed by atoms with Crippen LogP contribution in [-0.2, 0) is 4.79 Å². The van der Waals surface area contributed by atoms with Gasteiger partial charge in [-0.05, 0) is 55.3 Å². The number of aromatic nitrogens is 1. The number of hydrogen-bond acceptors (Lipinski definition) is 5. The second kappa shape index (κ2) is 7.50. The number of aliphatic hydroxyl groups excluding tert-OH is 1. The first-order valence-corrected chi connectivity index (χ1v) is 10.2. The average molecular weight is 424 g/mol. The van der Waals surface area contributed by atoms with Gasteiger partial charge in [-0.2, -0.15) is 0 Å². The molecular weight excluding hydrogens is 404 g/mol. The topological polar surface area (TPSA) is 83.6 Å². The lowest BCUT2D eigenvalue weighted by molar-refractivity contribution is -0.117. The van der Waals surface area contributed by atoms with Gasteiger partial charge >= 0.3 is 0 Å². The van der Waals surface area contributed by atoms with E-state index in [0.29, 0.717) is 17.0 Å². The van der Waals surface area contributed by atoms with Crippen molar-refractivity contribution < 1.29 is 19.1 Å². The fourth-order valence-corrected chi connectivity index (χ4v) is 4.13. The van der Waals surface area contributed by atoms with Crippen molar-refractivity contribution in [2.75, 3.05) is 4.90 Å². The Morgan fingerprint density at radius 3 is 2.56 bits per heavy atom. The third-order valence-corrected chi connectivity index (χ3v) is 5.91. The number of carbonyl (C=O) groups is 2. The molecule has 0 aliphatic carbocycles. The molecule has 0 bridgehead atoms. The van der Waals surface area contributed by atoms with Gasteiger partial charge < -0.3 is 9.52 Å². The first-order chi connectivity index (χ1) is 15.5. The van der Waals surface area contributed by atoms with Crippen molar-refractivity contribution in [3.05, 3.63) is 107 Å². The van der Waals surface area contributed by atoms with E-state index in [1.54, 1.807) is 42.6 Å². The van der Waals surface area contributed by atoms with Gasteiger partial charge in [0.1, 0.15) is 11.6 Å². The fourth-order valence-electron chi connectivity index (χ4n) is 4.13. The van der Waals surface area contributed by atoms with Crippen molar-refractivity contribution in [1.82, 2.24) is 4.98 Å². The Balaban J connectivity index is 1.69. The van der Waals surface area contributed by atoms with Crippen LogP contribution in [0.25, 0.3) is 11.0 Å². The van der Waals surface area contributed by atoms with Crippen LogP contribution in [0.3, 0.4) is 0 Å². The van der Waals surface area contributed by atoms with E-state index < -0.39 is 23.5 Å². The summed E-state index contributed by atoms with van der Waals surface area (Å²) < 4.78 is 5.75. The van der Waals surface area contributed by atoms with Gasteiger partial charge in [-0.1, -0.05) is 36.4 Å². The minimum atomic E-state index is -0.884. The zero-order valence-electron chi connectivity index (χ0n) is 17.6. The molecule has 3 heterocycles. The largest absolute Gasteiger partial charge is 0.503 e. The second-order valence-corrected chi connectivity index (χ2v) is 7.79. The number of fused-ring (bicyclic) bond motifs is 1. The Morgan fingerprint density at radius 2 is 1.81 bits per heavy atom. The molecule has 1 N–H and O–H groups in total. The van der Waals surface area contributed by atoms with E-state index in [-0.39, 0.29) is 11.3 Å². The summed E-state index contributed by atoms with van der Waals surface area (Å²) in [5.41, 5.74) is 3.48. The normalized spacial score (nSPS) is 16.2. The Bertz CT molecular complexity index is 1370. The van der Waals surface area contributed by atoms with Crippen molar-refractivity contribution in [3.8, 4) is 0 Å². The third-order valence-electron chi connectivity index (χ3n) is 5.91. The standard InChI is InChI=1S/C26H20N2O4/c1-15-8-7-11-19(16(15)2)28-23(18-10-5-6-13-27-18)22(25(30)26(28)31)24(29)21-14-17-9-3-4-12-20(17)32-21/h3-14,23,30H,1-2H3. The maximum absolute atomic E-state index is 13.6. The summed E-state index contributed by atoms with van der Waals surface area (Å²) in [6, 6.07) is 18.9. The van der Waals surface area contributed by atoms with Gasteiger partial charge in [0.15, 0.2) is 11.5 Å². The van der Waals surface area contributed by atoms with Gasteiger partial charge in [-0.3, -0.25) is 19.5 Å². The molecule has 0 saturated carbocycles. The molecule has 0 saturated heterocycles. The van der Waals surface area contributed by atoms with Crippen LogP contribution in [0.1, 0.15) is 33.4 Å². The summed E-state index contributed by atoms with van der Waals surface area (Å²) in [4.78, 5) is 32.7. The van der Waals surface area contributed by atoms with Gasteiger partial charge in [0.2, 0.25) is 5.78 Å². The number of amides is 1. The maximum Gasteiger partial charge on any atom is 0.294 e. The van der Waals surface area contributed by atoms with Crippen LogP contribution in [-0.4, -0.2) is 21.8 Å². The number of carbonyl (C=O) groups excluding carboxylic acids is 2. The summed E-state index contributed by atoms with van der Waals surface area (Å²) in [5.74, 6) is -1.72. The zero-order chi connectivity index (χ0) is 22.4. The number of rotatable bonds is 4. The molecule has 1 amide bonds. The van der Waals surface area contributed by atoms with Crippen LogP contribution < -0.4 is 4.90 Å². The number of ketones is 1. The lowest BCUT2D eigenvalue weighted by atomic mass is 9.97. The predicted octanol–water partition coefficient (Wildman–Crippen LogP) is 5.23. The molecule has 1 aliphatic rings. The highest BCUT2D eigenvalue weighted by Gasteiger charge is 2.46. The third kappa shape index (κ3) is 3.00. The summed E-state index contributed by atoms with van der Waals surface area (Å²) in [5, 5.41) is 11.7. The quantitative estimate of drug-likeness (QED) is 0.454. The molecule has 5 rings (SSSR count). The number of para-hydroxylation sites is 1. The molecule has 0 fully saturated rings. The number of anilines is 1. The number of aryl methyl sites for hydroxylation is 1. The second-order valence-electron chi connectivity index (χ2n) is 7.79. The molecule has 158 valence electrons. The fraction of sp³-hybridized carbons (Fsp3) is 0.115. The molecule has 0 radical (unpaired) electrons.